The number of hydrogen-bond acceptors (Lipinski definition) is 2. The molecule has 0 bridgehead atoms. The van der Waals surface area contributed by atoms with Crippen LogP contribution in [0.4, 0.5) is 0 Å². The molecule has 104 valence electrons. The van der Waals surface area contributed by atoms with Crippen molar-refractivity contribution in [3.05, 3.63) is 12.2 Å². The van der Waals surface area contributed by atoms with Crippen LogP contribution in [0.2, 0.25) is 0 Å². The van der Waals surface area contributed by atoms with E-state index in [0.717, 1.165) is 0 Å². The van der Waals surface area contributed by atoms with Crippen LogP contribution < -0.4 is 5.32 Å². The lowest BCUT2D eigenvalue weighted by Crippen LogP contribution is -2.57. The van der Waals surface area contributed by atoms with Crippen molar-refractivity contribution in [1.29, 1.82) is 0 Å². The molecule has 0 aromatic carbocycles. The van der Waals surface area contributed by atoms with Gasteiger partial charge in [-0.2, -0.15) is 0 Å². The predicted octanol–water partition coefficient (Wildman–Crippen LogP) is 1.01. The summed E-state index contributed by atoms with van der Waals surface area (Å²) in [6, 6.07) is 0. The highest BCUT2D eigenvalue weighted by molar-refractivity contribution is 5.92. The number of hydrogen-bond donors (Lipinski definition) is 2. The average Bonchev–Trinajstić information content (AvgIpc) is 2.12. The first kappa shape index (κ1) is 16.6. The van der Waals surface area contributed by atoms with E-state index in [-0.39, 0.29) is 12.3 Å². The Hall–Kier alpha value is -1.36. The highest BCUT2D eigenvalue weighted by atomic mass is 16.4. The number of carboxylic acids is 1. The van der Waals surface area contributed by atoms with E-state index in [4.69, 9.17) is 5.11 Å². The largest absolute Gasteiger partial charge is 0.481 e. The summed E-state index contributed by atoms with van der Waals surface area (Å²) in [5.41, 5.74) is 0.0665. The number of rotatable bonds is 7. The van der Waals surface area contributed by atoms with E-state index >= 15 is 0 Å². The first-order chi connectivity index (χ1) is 7.95. The number of carbonyl (C=O) groups is 2. The zero-order valence-electron chi connectivity index (χ0n) is 12.0. The second kappa shape index (κ2) is 6.00. The van der Waals surface area contributed by atoms with Crippen LogP contribution in [0.5, 0.6) is 0 Å². The second-order valence-corrected chi connectivity index (χ2v) is 6.08. The molecular formula is C13H25N2O3+. The van der Waals surface area contributed by atoms with Crippen molar-refractivity contribution in [2.24, 2.45) is 0 Å². The molecule has 0 saturated heterocycles. The van der Waals surface area contributed by atoms with Gasteiger partial charge in [-0.25, -0.2) is 0 Å². The number of nitrogens with zero attached hydrogens (tertiary/aromatic N) is 1. The number of carboxylic acid groups (broad SMARTS) is 1. The Morgan fingerprint density at radius 2 is 1.83 bits per heavy atom. The summed E-state index contributed by atoms with van der Waals surface area (Å²) < 4.78 is 0.537. The monoisotopic (exact) mass is 257 g/mol. The van der Waals surface area contributed by atoms with Crippen LogP contribution >= 0.6 is 0 Å². The van der Waals surface area contributed by atoms with Crippen molar-refractivity contribution < 1.29 is 19.2 Å². The summed E-state index contributed by atoms with van der Waals surface area (Å²) in [7, 11) is 3.91. The lowest BCUT2D eigenvalue weighted by Gasteiger charge is -2.37. The van der Waals surface area contributed by atoms with E-state index < -0.39 is 11.5 Å². The van der Waals surface area contributed by atoms with E-state index in [2.05, 4.69) is 11.9 Å². The molecule has 0 fully saturated rings. The van der Waals surface area contributed by atoms with E-state index in [1.165, 1.54) is 0 Å². The normalized spacial score (nSPS) is 12.1. The van der Waals surface area contributed by atoms with Gasteiger partial charge in [0.15, 0.2) is 0 Å². The summed E-state index contributed by atoms with van der Waals surface area (Å²) in [6.07, 6.45) is 0.123. The molecular weight excluding hydrogens is 232 g/mol. The Bertz CT molecular complexity index is 346. The van der Waals surface area contributed by atoms with Gasteiger partial charge in [-0.3, -0.25) is 9.59 Å². The van der Waals surface area contributed by atoms with Gasteiger partial charge in [-0.1, -0.05) is 6.58 Å². The zero-order chi connectivity index (χ0) is 14.6. The van der Waals surface area contributed by atoms with Gasteiger partial charge in [0.05, 0.1) is 32.6 Å². The maximum Gasteiger partial charge on any atom is 0.309 e. The number of amides is 1. The molecule has 0 aliphatic heterocycles. The first-order valence-corrected chi connectivity index (χ1v) is 5.97. The molecule has 0 aliphatic rings. The molecule has 0 saturated carbocycles. The van der Waals surface area contributed by atoms with E-state index in [0.29, 0.717) is 23.1 Å². The van der Waals surface area contributed by atoms with Gasteiger partial charge in [0.25, 0.3) is 0 Å². The highest BCUT2D eigenvalue weighted by Crippen LogP contribution is 2.11. The number of nitrogens with one attached hydrogen (secondary N) is 1. The molecule has 18 heavy (non-hydrogen) atoms. The molecule has 0 unspecified atom stereocenters. The molecule has 0 aromatic rings. The molecule has 0 atom stereocenters. The number of likely N-dealkylation sites (N-methyl/N-ethyl adjacent to an activating group) is 1. The summed E-state index contributed by atoms with van der Waals surface area (Å²) in [6.45, 7) is 10.3. The molecule has 2 N–H and O–H groups in total. The topological polar surface area (TPSA) is 66.4 Å². The summed E-state index contributed by atoms with van der Waals surface area (Å²) in [5, 5.41) is 11.6. The van der Waals surface area contributed by atoms with E-state index in [1.54, 1.807) is 6.92 Å². The third-order valence-corrected chi connectivity index (χ3v) is 2.59. The van der Waals surface area contributed by atoms with Gasteiger partial charge in [-0.05, 0) is 20.8 Å². The smallest absolute Gasteiger partial charge is 0.309 e. The van der Waals surface area contributed by atoms with Crippen molar-refractivity contribution in [3.8, 4) is 0 Å². The van der Waals surface area contributed by atoms with E-state index in [1.807, 2.05) is 27.9 Å². The van der Waals surface area contributed by atoms with Gasteiger partial charge in [0.2, 0.25) is 5.91 Å². The Kier molecular flexibility index (Phi) is 5.55. The summed E-state index contributed by atoms with van der Waals surface area (Å²) in [5.74, 6) is -0.969. The van der Waals surface area contributed by atoms with Crippen molar-refractivity contribution >= 4 is 11.9 Å². The third kappa shape index (κ3) is 7.06. The lowest BCUT2D eigenvalue weighted by atomic mass is 10.0. The predicted molar refractivity (Wildman–Crippen MR) is 71.1 cm³/mol. The van der Waals surface area contributed by atoms with E-state index in [9.17, 15) is 9.59 Å². The average molecular weight is 257 g/mol. The number of quaternary nitrogens is 1. The van der Waals surface area contributed by atoms with Gasteiger partial charge < -0.3 is 14.9 Å². The van der Waals surface area contributed by atoms with Crippen molar-refractivity contribution in [2.45, 2.75) is 32.7 Å². The van der Waals surface area contributed by atoms with Crippen molar-refractivity contribution in [2.75, 3.05) is 27.2 Å². The molecule has 5 nitrogen and oxygen atoms in total. The Balaban J connectivity index is 4.49. The molecule has 0 heterocycles. The minimum Gasteiger partial charge on any atom is -0.481 e. The van der Waals surface area contributed by atoms with Crippen LogP contribution in [-0.4, -0.2) is 54.2 Å². The Labute approximate surface area is 109 Å². The molecule has 0 spiro atoms. The molecule has 0 aliphatic carbocycles. The zero-order valence-corrected chi connectivity index (χ0v) is 12.0. The Morgan fingerprint density at radius 3 is 2.22 bits per heavy atom. The number of aliphatic carboxylic acids is 1. The maximum atomic E-state index is 11.6. The molecule has 1 amide bonds. The highest BCUT2D eigenvalue weighted by Gasteiger charge is 2.30. The minimum absolute atomic E-state index is 0.123. The van der Waals surface area contributed by atoms with Crippen molar-refractivity contribution in [3.63, 3.8) is 0 Å². The Morgan fingerprint density at radius 1 is 1.33 bits per heavy atom. The van der Waals surface area contributed by atoms with Crippen LogP contribution in [0.3, 0.4) is 0 Å². The van der Waals surface area contributed by atoms with Crippen LogP contribution in [0.25, 0.3) is 0 Å². The second-order valence-electron chi connectivity index (χ2n) is 6.08. The third-order valence-electron chi connectivity index (χ3n) is 2.59. The van der Waals surface area contributed by atoms with Gasteiger partial charge in [0, 0.05) is 5.57 Å². The fraction of sp³-hybridized carbons (Fsp3) is 0.692. The van der Waals surface area contributed by atoms with Crippen molar-refractivity contribution in [1.82, 2.24) is 5.32 Å². The van der Waals surface area contributed by atoms with Gasteiger partial charge in [0.1, 0.15) is 6.54 Å². The van der Waals surface area contributed by atoms with Gasteiger partial charge >= 0.3 is 5.97 Å². The molecule has 0 aromatic heterocycles. The van der Waals surface area contributed by atoms with Crippen LogP contribution in [0, 0.1) is 0 Å². The number of carbonyl (C=O) groups excluding carboxylic acids is 1. The summed E-state index contributed by atoms with van der Waals surface area (Å²) in [4.78, 5) is 22.2. The molecule has 5 heteroatoms. The first-order valence-electron chi connectivity index (χ1n) is 5.97. The van der Waals surface area contributed by atoms with Crippen LogP contribution in [-0.2, 0) is 9.59 Å². The fourth-order valence-corrected chi connectivity index (χ4v) is 2.00. The lowest BCUT2D eigenvalue weighted by molar-refractivity contribution is -0.893. The van der Waals surface area contributed by atoms with Crippen LogP contribution in [0.15, 0.2) is 12.2 Å². The summed E-state index contributed by atoms with van der Waals surface area (Å²) >= 11 is 0. The fourth-order valence-electron chi connectivity index (χ4n) is 2.00. The maximum absolute atomic E-state index is 11.6. The SMILES string of the molecule is C=C(C)C(=O)NC(C)(C)C[N+](C)(C)CCC(=O)O. The quantitative estimate of drug-likeness (QED) is 0.528. The minimum atomic E-state index is -0.801. The standard InChI is InChI=1S/C13H24N2O3/c1-10(2)12(18)14-13(3,4)9-15(5,6)8-7-11(16)17/h1,7-9H2,2-6H3,(H-,14,16,17,18)/p+1. The molecule has 0 radical (unpaired) electrons. The molecule has 0 rings (SSSR count). The van der Waals surface area contributed by atoms with Crippen LogP contribution in [0.1, 0.15) is 27.2 Å². The van der Waals surface area contributed by atoms with Gasteiger partial charge in [-0.15, -0.1) is 0 Å².